The van der Waals surface area contributed by atoms with Gasteiger partial charge in [0.15, 0.2) is 0 Å². The number of carbonyl (C=O) groups is 2. The second kappa shape index (κ2) is 4.56. The van der Waals surface area contributed by atoms with E-state index in [2.05, 4.69) is 0 Å². The zero-order valence-corrected chi connectivity index (χ0v) is 10.1. The molecule has 19 heavy (non-hydrogen) atoms. The Morgan fingerprint density at radius 3 is 2.68 bits per heavy atom. The smallest absolute Gasteiger partial charge is 0.286 e. The minimum absolute atomic E-state index is 0.193. The Labute approximate surface area is 107 Å². The second-order valence-corrected chi connectivity index (χ2v) is 3.98. The molecule has 0 aliphatic carbocycles. The molecule has 0 saturated heterocycles. The number of nitrogens with zero attached hydrogens (tertiary/aromatic N) is 2. The second-order valence-electron chi connectivity index (χ2n) is 3.98. The lowest BCUT2D eigenvalue weighted by Gasteiger charge is -2.28. The number of rotatable bonds is 2. The van der Waals surface area contributed by atoms with Crippen LogP contribution in [0.3, 0.4) is 0 Å². The summed E-state index contributed by atoms with van der Waals surface area (Å²) < 4.78 is 5.28. The van der Waals surface area contributed by atoms with E-state index >= 15 is 0 Å². The zero-order chi connectivity index (χ0) is 14.2. The summed E-state index contributed by atoms with van der Waals surface area (Å²) in [6, 6.07) is 2.33. The molecular weight excluding hydrogens is 254 g/mol. The summed E-state index contributed by atoms with van der Waals surface area (Å²) in [5.41, 5.74) is 4.75. The fraction of sp³-hybridized carbons (Fsp3) is 0.273. The Morgan fingerprint density at radius 2 is 2.16 bits per heavy atom. The number of hydrogen-bond acceptors (Lipinski definition) is 5. The Bertz CT molecular complexity index is 584. The van der Waals surface area contributed by atoms with Crippen LogP contribution in [0.4, 0.5) is 11.4 Å². The zero-order valence-electron chi connectivity index (χ0n) is 10.1. The minimum atomic E-state index is -0.927. The first-order valence-corrected chi connectivity index (χ1v) is 5.45. The van der Waals surface area contributed by atoms with Gasteiger partial charge in [-0.3, -0.25) is 19.7 Å². The molecule has 8 heteroatoms. The number of ether oxygens (including phenoxy) is 1. The Hall–Kier alpha value is -2.64. The number of benzene rings is 1. The molecule has 0 bridgehead atoms. The van der Waals surface area contributed by atoms with Crippen molar-refractivity contribution in [3.05, 3.63) is 27.8 Å². The van der Waals surface area contributed by atoms with E-state index in [4.69, 9.17) is 10.5 Å². The van der Waals surface area contributed by atoms with Gasteiger partial charge in [-0.1, -0.05) is 0 Å². The van der Waals surface area contributed by atoms with Gasteiger partial charge >= 0.3 is 0 Å². The van der Waals surface area contributed by atoms with Crippen LogP contribution in [0.5, 0.6) is 5.75 Å². The molecule has 1 aliphatic rings. The number of nitro benzene ring substituents is 1. The van der Waals surface area contributed by atoms with Crippen LogP contribution in [0.2, 0.25) is 0 Å². The average molecular weight is 265 g/mol. The van der Waals surface area contributed by atoms with Crippen molar-refractivity contribution in [1.29, 1.82) is 0 Å². The van der Waals surface area contributed by atoms with Crippen LogP contribution < -0.4 is 15.4 Å². The molecule has 1 heterocycles. The number of carbonyl (C=O) groups excluding carboxylic acids is 2. The number of amides is 2. The summed E-state index contributed by atoms with van der Waals surface area (Å²) in [4.78, 5) is 34.3. The van der Waals surface area contributed by atoms with Crippen molar-refractivity contribution >= 4 is 23.2 Å². The van der Waals surface area contributed by atoms with E-state index in [-0.39, 0.29) is 23.8 Å². The van der Waals surface area contributed by atoms with Crippen LogP contribution in [-0.4, -0.2) is 29.9 Å². The summed E-state index contributed by atoms with van der Waals surface area (Å²) in [6.45, 7) is 1.92. The monoisotopic (exact) mass is 265 g/mol. The molecule has 1 aliphatic heterocycles. The molecule has 0 spiro atoms. The highest BCUT2D eigenvalue weighted by Crippen LogP contribution is 2.37. The van der Waals surface area contributed by atoms with Gasteiger partial charge in [0.1, 0.15) is 17.9 Å². The van der Waals surface area contributed by atoms with Gasteiger partial charge in [-0.05, 0) is 6.07 Å². The standard InChI is InChI=1S/C11H11N3O5/c1-6(15)13-2-3-19-10-5-8(14(17)18)7(11(12)16)4-9(10)13/h4-5H,2-3H2,1H3,(H2,12,16). The molecule has 1 aromatic rings. The van der Waals surface area contributed by atoms with E-state index in [1.807, 2.05) is 0 Å². The largest absolute Gasteiger partial charge is 0.489 e. The number of hydrogen-bond donors (Lipinski definition) is 1. The van der Waals surface area contributed by atoms with Crippen LogP contribution >= 0.6 is 0 Å². The van der Waals surface area contributed by atoms with E-state index < -0.39 is 16.5 Å². The molecule has 2 N–H and O–H groups in total. The SMILES string of the molecule is CC(=O)N1CCOc2cc([N+](=O)[O-])c(C(N)=O)cc21. The highest BCUT2D eigenvalue weighted by molar-refractivity contribution is 6.01. The molecule has 2 amide bonds. The molecule has 1 aromatic carbocycles. The predicted octanol–water partition coefficient (Wildman–Crippen LogP) is 0.439. The van der Waals surface area contributed by atoms with Gasteiger partial charge in [-0.15, -0.1) is 0 Å². The van der Waals surface area contributed by atoms with Crippen molar-refractivity contribution in [3.63, 3.8) is 0 Å². The van der Waals surface area contributed by atoms with E-state index in [1.54, 1.807) is 0 Å². The summed E-state index contributed by atoms with van der Waals surface area (Å²) in [6.07, 6.45) is 0. The lowest BCUT2D eigenvalue weighted by atomic mass is 10.1. The van der Waals surface area contributed by atoms with Gasteiger partial charge < -0.3 is 15.4 Å². The van der Waals surface area contributed by atoms with Crippen LogP contribution in [-0.2, 0) is 4.79 Å². The van der Waals surface area contributed by atoms with Crippen LogP contribution in [0.25, 0.3) is 0 Å². The Morgan fingerprint density at radius 1 is 1.47 bits per heavy atom. The molecule has 0 fully saturated rings. The normalized spacial score (nSPS) is 13.4. The minimum Gasteiger partial charge on any atom is -0.489 e. The number of anilines is 1. The van der Waals surface area contributed by atoms with Gasteiger partial charge in [0, 0.05) is 6.92 Å². The van der Waals surface area contributed by atoms with Crippen molar-refractivity contribution < 1.29 is 19.2 Å². The lowest BCUT2D eigenvalue weighted by Crippen LogP contribution is -2.36. The van der Waals surface area contributed by atoms with Crippen molar-refractivity contribution in [2.75, 3.05) is 18.1 Å². The first-order valence-electron chi connectivity index (χ1n) is 5.45. The average Bonchev–Trinajstić information content (AvgIpc) is 2.35. The van der Waals surface area contributed by atoms with E-state index in [1.165, 1.54) is 17.9 Å². The molecule has 0 atom stereocenters. The first-order chi connectivity index (χ1) is 8.91. The quantitative estimate of drug-likeness (QED) is 0.615. The molecule has 100 valence electrons. The van der Waals surface area contributed by atoms with E-state index in [0.717, 1.165) is 6.07 Å². The first kappa shape index (κ1) is 12.8. The topological polar surface area (TPSA) is 116 Å². The predicted molar refractivity (Wildman–Crippen MR) is 65.1 cm³/mol. The van der Waals surface area contributed by atoms with Gasteiger partial charge in [0.25, 0.3) is 11.6 Å². The van der Waals surface area contributed by atoms with Crippen molar-refractivity contribution in [2.24, 2.45) is 5.73 Å². The molecule has 0 radical (unpaired) electrons. The molecule has 0 aromatic heterocycles. The number of nitro groups is 1. The maximum atomic E-state index is 11.5. The fourth-order valence-electron chi connectivity index (χ4n) is 1.93. The molecule has 0 unspecified atom stereocenters. The van der Waals surface area contributed by atoms with Gasteiger partial charge in [-0.2, -0.15) is 0 Å². The maximum Gasteiger partial charge on any atom is 0.286 e. The van der Waals surface area contributed by atoms with Crippen molar-refractivity contribution in [2.45, 2.75) is 6.92 Å². The lowest BCUT2D eigenvalue weighted by molar-refractivity contribution is -0.385. The van der Waals surface area contributed by atoms with Crippen molar-refractivity contribution in [1.82, 2.24) is 0 Å². The molecular formula is C11H11N3O5. The number of primary amides is 1. The fourth-order valence-corrected chi connectivity index (χ4v) is 1.93. The molecule has 2 rings (SSSR count). The summed E-state index contributed by atoms with van der Waals surface area (Å²) in [7, 11) is 0. The highest BCUT2D eigenvalue weighted by atomic mass is 16.6. The molecule has 8 nitrogen and oxygen atoms in total. The van der Waals surface area contributed by atoms with Crippen molar-refractivity contribution in [3.8, 4) is 5.75 Å². The molecule has 0 saturated carbocycles. The Balaban J connectivity index is 2.64. The summed E-state index contributed by atoms with van der Waals surface area (Å²) >= 11 is 0. The van der Waals surface area contributed by atoms with Gasteiger partial charge in [0.05, 0.1) is 23.2 Å². The van der Waals surface area contributed by atoms with Gasteiger partial charge in [-0.25, -0.2) is 0 Å². The van der Waals surface area contributed by atoms with Crippen LogP contribution in [0.1, 0.15) is 17.3 Å². The highest BCUT2D eigenvalue weighted by Gasteiger charge is 2.28. The Kier molecular flexibility index (Phi) is 3.07. The van der Waals surface area contributed by atoms with Crippen LogP contribution in [0.15, 0.2) is 12.1 Å². The van der Waals surface area contributed by atoms with E-state index in [9.17, 15) is 19.7 Å². The van der Waals surface area contributed by atoms with Gasteiger partial charge in [0.2, 0.25) is 5.91 Å². The summed E-state index contributed by atoms with van der Waals surface area (Å²) in [5, 5.41) is 10.9. The third-order valence-electron chi connectivity index (χ3n) is 2.78. The van der Waals surface area contributed by atoms with E-state index in [0.29, 0.717) is 12.2 Å². The summed E-state index contributed by atoms with van der Waals surface area (Å²) in [5.74, 6) is -0.976. The number of fused-ring (bicyclic) bond motifs is 1. The third kappa shape index (κ3) is 2.19. The third-order valence-corrected chi connectivity index (χ3v) is 2.78. The maximum absolute atomic E-state index is 11.5. The van der Waals surface area contributed by atoms with Crippen LogP contribution in [0, 0.1) is 10.1 Å². The number of nitrogens with two attached hydrogens (primary N) is 1.